The Morgan fingerprint density at radius 3 is 1.31 bits per heavy atom. The van der Waals surface area contributed by atoms with E-state index in [0.717, 1.165) is 12.8 Å². The Morgan fingerprint density at radius 2 is 0.938 bits per heavy atom. The Labute approximate surface area is 98.5 Å². The highest BCUT2D eigenvalue weighted by molar-refractivity contribution is 5.02. The molecule has 0 unspecified atom stereocenters. The quantitative estimate of drug-likeness (QED) is 0.663. The number of nitrogens with zero attached hydrogens (tertiary/aromatic N) is 2. The number of aryl methyl sites for hydroxylation is 2. The van der Waals surface area contributed by atoms with Gasteiger partial charge in [-0.15, -0.1) is 0 Å². The summed E-state index contributed by atoms with van der Waals surface area (Å²) in [6.07, 6.45) is 17.0. The van der Waals surface area contributed by atoms with Gasteiger partial charge in [-0.2, -0.15) is 0 Å². The van der Waals surface area contributed by atoms with Gasteiger partial charge >= 0.3 is 0 Å². The molecule has 1 aromatic heterocycles. The second kappa shape index (κ2) is 6.62. The van der Waals surface area contributed by atoms with Gasteiger partial charge in [-0.25, -0.2) is 0 Å². The number of hydrogen-bond acceptors (Lipinski definition) is 2. The van der Waals surface area contributed by atoms with Gasteiger partial charge < -0.3 is 0 Å². The molecule has 0 saturated heterocycles. The van der Waals surface area contributed by atoms with Crippen molar-refractivity contribution in [3.05, 3.63) is 23.8 Å². The molecule has 2 aliphatic rings. The lowest BCUT2D eigenvalue weighted by Crippen LogP contribution is -1.97. The second-order valence-electron chi connectivity index (χ2n) is 4.83. The normalized spacial score (nSPS) is 19.2. The molecule has 88 valence electrons. The van der Waals surface area contributed by atoms with Crippen LogP contribution in [0.4, 0.5) is 0 Å². The Hall–Kier alpha value is -0.920. The fourth-order valence-corrected chi connectivity index (χ4v) is 2.31. The molecule has 0 N–H and O–H groups in total. The van der Waals surface area contributed by atoms with Crippen LogP contribution >= 0.6 is 0 Å². The molecule has 2 nitrogen and oxygen atoms in total. The van der Waals surface area contributed by atoms with Gasteiger partial charge in [0.05, 0.1) is 11.4 Å². The molecule has 0 spiro atoms. The molecule has 3 heterocycles. The molecule has 16 heavy (non-hydrogen) atoms. The van der Waals surface area contributed by atoms with E-state index in [1.54, 1.807) is 0 Å². The molecule has 0 aliphatic carbocycles. The topological polar surface area (TPSA) is 25.8 Å². The minimum Gasteiger partial charge on any atom is -0.258 e. The highest BCUT2D eigenvalue weighted by Gasteiger charge is 2.00. The molecule has 0 radical (unpaired) electrons. The maximum atomic E-state index is 4.48. The maximum absolute atomic E-state index is 4.48. The van der Waals surface area contributed by atoms with Crippen LogP contribution in [-0.2, 0) is 12.8 Å². The van der Waals surface area contributed by atoms with Crippen LogP contribution in [0.15, 0.2) is 12.4 Å². The summed E-state index contributed by atoms with van der Waals surface area (Å²) in [7, 11) is 0. The van der Waals surface area contributed by atoms with Crippen LogP contribution < -0.4 is 0 Å². The van der Waals surface area contributed by atoms with Crippen molar-refractivity contribution in [2.45, 2.75) is 64.2 Å². The van der Waals surface area contributed by atoms with Crippen LogP contribution in [0, 0.1) is 0 Å². The Kier molecular flexibility index (Phi) is 4.78. The molecule has 0 fully saturated rings. The van der Waals surface area contributed by atoms with Crippen LogP contribution in [0.2, 0.25) is 0 Å². The fourth-order valence-electron chi connectivity index (χ4n) is 2.31. The van der Waals surface area contributed by atoms with Gasteiger partial charge in [0.25, 0.3) is 0 Å². The summed E-state index contributed by atoms with van der Waals surface area (Å²) < 4.78 is 0. The first-order valence-electron chi connectivity index (χ1n) is 6.75. The number of rotatable bonds is 0. The van der Waals surface area contributed by atoms with Gasteiger partial charge in [0, 0.05) is 12.4 Å². The third-order valence-corrected chi connectivity index (χ3v) is 3.37. The van der Waals surface area contributed by atoms with Gasteiger partial charge in [0.2, 0.25) is 0 Å². The van der Waals surface area contributed by atoms with E-state index in [0.29, 0.717) is 0 Å². The number of hydrogen-bond donors (Lipinski definition) is 0. The highest BCUT2D eigenvalue weighted by atomic mass is 14.8. The summed E-state index contributed by atoms with van der Waals surface area (Å²) >= 11 is 0. The van der Waals surface area contributed by atoms with Gasteiger partial charge in [-0.3, -0.25) is 9.97 Å². The monoisotopic (exact) mass is 218 g/mol. The minimum absolute atomic E-state index is 1.10. The summed E-state index contributed by atoms with van der Waals surface area (Å²) in [5, 5.41) is 0. The van der Waals surface area contributed by atoms with Crippen molar-refractivity contribution in [3.63, 3.8) is 0 Å². The van der Waals surface area contributed by atoms with E-state index in [-0.39, 0.29) is 0 Å². The predicted molar refractivity (Wildman–Crippen MR) is 66.4 cm³/mol. The van der Waals surface area contributed by atoms with Crippen LogP contribution in [0.3, 0.4) is 0 Å². The first kappa shape index (κ1) is 11.6. The van der Waals surface area contributed by atoms with E-state index in [4.69, 9.17) is 0 Å². The third kappa shape index (κ3) is 3.92. The van der Waals surface area contributed by atoms with Crippen molar-refractivity contribution in [2.75, 3.05) is 0 Å². The average Bonchev–Trinajstić information content (AvgIpc) is 2.33. The van der Waals surface area contributed by atoms with Crippen molar-refractivity contribution in [3.8, 4) is 0 Å². The zero-order valence-electron chi connectivity index (χ0n) is 10.1. The zero-order chi connectivity index (χ0) is 11.1. The van der Waals surface area contributed by atoms with E-state index in [2.05, 4.69) is 9.97 Å². The lowest BCUT2D eigenvalue weighted by atomic mass is 10.0. The van der Waals surface area contributed by atoms with Crippen LogP contribution in [0.5, 0.6) is 0 Å². The first-order valence-corrected chi connectivity index (χ1v) is 6.75. The molecular weight excluding hydrogens is 196 g/mol. The maximum Gasteiger partial charge on any atom is 0.0586 e. The molecule has 1 aromatic rings. The van der Waals surface area contributed by atoms with Crippen LogP contribution in [0.25, 0.3) is 0 Å². The molecular formula is C14H22N2. The van der Waals surface area contributed by atoms with Crippen molar-refractivity contribution >= 4 is 0 Å². The molecule has 2 aliphatic heterocycles. The molecule has 0 amide bonds. The number of fused-ring (bicyclic) bond motifs is 11. The summed E-state index contributed by atoms with van der Waals surface area (Å²) in [5.41, 5.74) is 2.33. The largest absolute Gasteiger partial charge is 0.258 e. The SMILES string of the molecule is c1nc2cnc1CCCCCCCCCC2. The smallest absolute Gasteiger partial charge is 0.0586 e. The first-order chi connectivity index (χ1) is 7.95. The van der Waals surface area contributed by atoms with Crippen LogP contribution in [0.1, 0.15) is 62.8 Å². The fraction of sp³-hybridized carbons (Fsp3) is 0.714. The number of aromatic nitrogens is 2. The van der Waals surface area contributed by atoms with E-state index in [1.165, 1.54) is 62.8 Å². The molecule has 3 rings (SSSR count). The van der Waals surface area contributed by atoms with E-state index >= 15 is 0 Å². The lowest BCUT2D eigenvalue weighted by molar-refractivity contribution is 0.561. The lowest BCUT2D eigenvalue weighted by Gasteiger charge is -2.06. The van der Waals surface area contributed by atoms with Crippen molar-refractivity contribution < 1.29 is 0 Å². The van der Waals surface area contributed by atoms with Crippen LogP contribution in [-0.4, -0.2) is 9.97 Å². The summed E-state index contributed by atoms with van der Waals surface area (Å²) in [6, 6.07) is 0. The third-order valence-electron chi connectivity index (χ3n) is 3.37. The Balaban J connectivity index is 1.93. The molecule has 0 atom stereocenters. The molecule has 2 heteroatoms. The minimum atomic E-state index is 1.10. The Bertz CT molecular complexity index is 261. The highest BCUT2D eigenvalue weighted by Crippen LogP contribution is 2.13. The van der Waals surface area contributed by atoms with Crippen molar-refractivity contribution in [1.29, 1.82) is 0 Å². The van der Waals surface area contributed by atoms with E-state index in [9.17, 15) is 0 Å². The van der Waals surface area contributed by atoms with Gasteiger partial charge in [-0.05, 0) is 25.7 Å². The zero-order valence-corrected chi connectivity index (χ0v) is 10.1. The predicted octanol–water partition coefficient (Wildman–Crippen LogP) is 3.70. The average molecular weight is 218 g/mol. The van der Waals surface area contributed by atoms with Gasteiger partial charge in [0.15, 0.2) is 0 Å². The molecule has 0 saturated carbocycles. The Morgan fingerprint density at radius 1 is 0.562 bits per heavy atom. The standard InChI is InChI=1S/C14H22N2/c1-2-4-6-8-10-14-12-15-13(11-16-14)9-7-5-3-1/h11-12H,1-10H2. The summed E-state index contributed by atoms with van der Waals surface area (Å²) in [6.45, 7) is 0. The van der Waals surface area contributed by atoms with Gasteiger partial charge in [-0.1, -0.05) is 38.5 Å². The summed E-state index contributed by atoms with van der Waals surface area (Å²) in [5.74, 6) is 0. The van der Waals surface area contributed by atoms with Crippen molar-refractivity contribution in [1.82, 2.24) is 9.97 Å². The second-order valence-corrected chi connectivity index (χ2v) is 4.83. The molecule has 2 bridgehead atoms. The van der Waals surface area contributed by atoms with E-state index < -0.39 is 0 Å². The van der Waals surface area contributed by atoms with Gasteiger partial charge in [0.1, 0.15) is 0 Å². The molecule has 0 aromatic carbocycles. The van der Waals surface area contributed by atoms with E-state index in [1.807, 2.05) is 12.4 Å². The summed E-state index contributed by atoms with van der Waals surface area (Å²) in [4.78, 5) is 8.97. The van der Waals surface area contributed by atoms with Crippen molar-refractivity contribution in [2.24, 2.45) is 0 Å².